The molecule has 1 aliphatic heterocycles. The Bertz CT molecular complexity index is 901. The van der Waals surface area contributed by atoms with Crippen molar-refractivity contribution in [3.05, 3.63) is 53.1 Å². The lowest BCUT2D eigenvalue weighted by Crippen LogP contribution is -2.54. The molecule has 4 rings (SSSR count). The Morgan fingerprint density at radius 1 is 1.08 bits per heavy atom. The van der Waals surface area contributed by atoms with E-state index in [2.05, 4.69) is 11.1 Å². The van der Waals surface area contributed by atoms with Gasteiger partial charge in [0, 0.05) is 16.7 Å². The summed E-state index contributed by atoms with van der Waals surface area (Å²) < 4.78 is 14.8. The summed E-state index contributed by atoms with van der Waals surface area (Å²) in [6, 6.07) is 7.07. The average molecular weight is 352 g/mol. The van der Waals surface area contributed by atoms with Gasteiger partial charge >= 0.3 is 0 Å². The molecule has 0 bridgehead atoms. The van der Waals surface area contributed by atoms with E-state index >= 15 is 0 Å². The van der Waals surface area contributed by atoms with Crippen LogP contribution in [-0.4, -0.2) is 10.9 Å². The number of carbonyl (C=O) groups is 1. The summed E-state index contributed by atoms with van der Waals surface area (Å²) in [6.45, 7) is 7.72. The number of nitrogens with zero attached hydrogens (tertiary/aromatic N) is 2. The van der Waals surface area contributed by atoms with Crippen LogP contribution in [0.1, 0.15) is 57.4 Å². The van der Waals surface area contributed by atoms with Crippen molar-refractivity contribution in [1.82, 2.24) is 4.98 Å². The van der Waals surface area contributed by atoms with Crippen molar-refractivity contribution in [1.29, 1.82) is 0 Å². The van der Waals surface area contributed by atoms with Crippen LogP contribution in [0.15, 0.2) is 30.5 Å². The zero-order valence-corrected chi connectivity index (χ0v) is 15.9. The number of halogens is 1. The molecule has 1 amide bonds. The van der Waals surface area contributed by atoms with Crippen LogP contribution in [0.3, 0.4) is 0 Å². The van der Waals surface area contributed by atoms with Crippen LogP contribution in [0.25, 0.3) is 0 Å². The Morgan fingerprint density at radius 2 is 1.81 bits per heavy atom. The number of amides is 1. The largest absolute Gasteiger partial charge is 0.279 e. The smallest absolute Gasteiger partial charge is 0.238 e. The van der Waals surface area contributed by atoms with Gasteiger partial charge < -0.3 is 0 Å². The van der Waals surface area contributed by atoms with Crippen molar-refractivity contribution < 1.29 is 9.18 Å². The number of benzene rings is 1. The Labute approximate surface area is 154 Å². The molecule has 1 aromatic heterocycles. The maximum absolute atomic E-state index is 14.8. The van der Waals surface area contributed by atoms with Gasteiger partial charge in [0.25, 0.3) is 0 Å². The summed E-state index contributed by atoms with van der Waals surface area (Å²) in [4.78, 5) is 19.8. The SMILES string of the molecule is CC1(C)C(=O)N(c2cnc3c(c2)CCCC3)c2cccc(F)c2C1(C)C. The third kappa shape index (κ3) is 2.24. The van der Waals surface area contributed by atoms with Crippen LogP contribution in [-0.2, 0) is 23.1 Å². The number of hydrogen-bond donors (Lipinski definition) is 0. The van der Waals surface area contributed by atoms with Gasteiger partial charge in [-0.25, -0.2) is 4.39 Å². The molecule has 0 spiro atoms. The molecule has 2 aromatic rings. The highest BCUT2D eigenvalue weighted by molar-refractivity contribution is 6.07. The molecule has 0 radical (unpaired) electrons. The third-order valence-electron chi connectivity index (χ3n) is 6.57. The van der Waals surface area contributed by atoms with Crippen molar-refractivity contribution >= 4 is 17.3 Å². The molecule has 2 aliphatic rings. The molecule has 136 valence electrons. The van der Waals surface area contributed by atoms with Crippen LogP contribution in [0.4, 0.5) is 15.8 Å². The highest BCUT2D eigenvalue weighted by Gasteiger charge is 2.53. The number of fused-ring (bicyclic) bond motifs is 2. The molecular formula is C22H25FN2O. The zero-order chi connectivity index (χ0) is 18.7. The Kier molecular flexibility index (Phi) is 3.73. The molecule has 0 fully saturated rings. The lowest BCUT2D eigenvalue weighted by molar-refractivity contribution is -0.129. The second-order valence-electron chi connectivity index (χ2n) is 8.53. The number of anilines is 2. The summed E-state index contributed by atoms with van der Waals surface area (Å²) in [6.07, 6.45) is 6.06. The van der Waals surface area contributed by atoms with Crippen molar-refractivity contribution in [2.75, 3.05) is 4.90 Å². The molecule has 0 N–H and O–H groups in total. The average Bonchev–Trinajstić information content (AvgIpc) is 2.60. The number of rotatable bonds is 1. The number of pyridine rings is 1. The second kappa shape index (κ2) is 5.63. The van der Waals surface area contributed by atoms with E-state index in [1.54, 1.807) is 17.2 Å². The standard InChI is InChI=1S/C22H25FN2O/c1-21(2)19-16(23)9-7-11-18(19)25(20(26)22(21,3)4)15-12-14-8-5-6-10-17(14)24-13-15/h7,9,11-13H,5-6,8,10H2,1-4H3. The minimum atomic E-state index is -0.738. The van der Waals surface area contributed by atoms with E-state index in [9.17, 15) is 9.18 Å². The van der Waals surface area contributed by atoms with Crippen LogP contribution in [0.2, 0.25) is 0 Å². The van der Waals surface area contributed by atoms with E-state index in [1.807, 2.05) is 33.8 Å². The fourth-order valence-corrected chi connectivity index (χ4v) is 4.24. The molecule has 4 heteroatoms. The quantitative estimate of drug-likeness (QED) is 0.717. The Hall–Kier alpha value is -2.23. The van der Waals surface area contributed by atoms with Gasteiger partial charge in [-0.05, 0) is 49.4 Å². The topological polar surface area (TPSA) is 33.2 Å². The molecule has 3 nitrogen and oxygen atoms in total. The molecule has 26 heavy (non-hydrogen) atoms. The molecule has 1 aromatic carbocycles. The summed E-state index contributed by atoms with van der Waals surface area (Å²) in [5.41, 5.74) is 2.97. The zero-order valence-electron chi connectivity index (χ0n) is 15.9. The molecule has 1 aliphatic carbocycles. The number of carbonyl (C=O) groups excluding carboxylic acids is 1. The first-order chi connectivity index (χ1) is 12.2. The van der Waals surface area contributed by atoms with Crippen LogP contribution >= 0.6 is 0 Å². The molecule has 0 saturated heterocycles. The first kappa shape index (κ1) is 17.2. The first-order valence-corrected chi connectivity index (χ1v) is 9.36. The van der Waals surface area contributed by atoms with E-state index in [-0.39, 0.29) is 11.7 Å². The highest BCUT2D eigenvalue weighted by atomic mass is 19.1. The predicted molar refractivity (Wildman–Crippen MR) is 101 cm³/mol. The van der Waals surface area contributed by atoms with Gasteiger partial charge in [-0.3, -0.25) is 14.7 Å². The van der Waals surface area contributed by atoms with Crippen molar-refractivity contribution in [2.45, 2.75) is 58.8 Å². The normalized spacial score (nSPS) is 20.5. The predicted octanol–water partition coefficient (Wildman–Crippen LogP) is 5.08. The molecular weight excluding hydrogens is 327 g/mol. The fourth-order valence-electron chi connectivity index (χ4n) is 4.24. The van der Waals surface area contributed by atoms with Crippen LogP contribution < -0.4 is 4.90 Å². The van der Waals surface area contributed by atoms with E-state index < -0.39 is 10.8 Å². The lowest BCUT2D eigenvalue weighted by Gasteiger charge is -2.49. The van der Waals surface area contributed by atoms with Crippen molar-refractivity contribution in [2.24, 2.45) is 5.41 Å². The molecule has 0 atom stereocenters. The van der Waals surface area contributed by atoms with E-state index in [0.29, 0.717) is 11.3 Å². The van der Waals surface area contributed by atoms with Crippen molar-refractivity contribution in [3.63, 3.8) is 0 Å². The van der Waals surface area contributed by atoms with Gasteiger partial charge in [-0.15, -0.1) is 0 Å². The van der Waals surface area contributed by atoms with Gasteiger partial charge in [0.15, 0.2) is 0 Å². The summed E-state index contributed by atoms with van der Waals surface area (Å²) in [5.74, 6) is -0.276. The number of aryl methyl sites for hydroxylation is 2. The highest BCUT2D eigenvalue weighted by Crippen LogP contribution is 2.53. The first-order valence-electron chi connectivity index (χ1n) is 9.36. The van der Waals surface area contributed by atoms with Gasteiger partial charge in [0.2, 0.25) is 5.91 Å². The summed E-state index contributed by atoms with van der Waals surface area (Å²) >= 11 is 0. The number of aromatic nitrogens is 1. The van der Waals surface area contributed by atoms with Gasteiger partial charge in [0.05, 0.1) is 23.0 Å². The van der Waals surface area contributed by atoms with Crippen LogP contribution in [0, 0.1) is 11.2 Å². The van der Waals surface area contributed by atoms with E-state index in [4.69, 9.17) is 0 Å². The lowest BCUT2D eigenvalue weighted by atomic mass is 9.60. The minimum absolute atomic E-state index is 0.0156. The summed E-state index contributed by atoms with van der Waals surface area (Å²) in [5, 5.41) is 0. The maximum atomic E-state index is 14.8. The van der Waals surface area contributed by atoms with Gasteiger partial charge in [-0.1, -0.05) is 33.8 Å². The Balaban J connectivity index is 1.94. The minimum Gasteiger partial charge on any atom is -0.279 e. The monoisotopic (exact) mass is 352 g/mol. The van der Waals surface area contributed by atoms with E-state index in [1.165, 1.54) is 11.6 Å². The molecule has 0 saturated carbocycles. The maximum Gasteiger partial charge on any atom is 0.238 e. The second-order valence-corrected chi connectivity index (χ2v) is 8.53. The van der Waals surface area contributed by atoms with Gasteiger partial charge in [-0.2, -0.15) is 0 Å². The molecule has 2 heterocycles. The number of hydrogen-bond acceptors (Lipinski definition) is 2. The van der Waals surface area contributed by atoms with Gasteiger partial charge in [0.1, 0.15) is 5.82 Å². The fraction of sp³-hybridized carbons (Fsp3) is 0.455. The Morgan fingerprint density at radius 3 is 2.58 bits per heavy atom. The molecule has 0 unspecified atom stereocenters. The van der Waals surface area contributed by atoms with Crippen molar-refractivity contribution in [3.8, 4) is 0 Å². The summed E-state index contributed by atoms with van der Waals surface area (Å²) in [7, 11) is 0. The van der Waals surface area contributed by atoms with Crippen LogP contribution in [0.5, 0.6) is 0 Å². The van der Waals surface area contributed by atoms with E-state index in [0.717, 1.165) is 37.1 Å². The third-order valence-corrected chi connectivity index (χ3v) is 6.57.